The third-order valence-electron chi connectivity index (χ3n) is 3.82. The van der Waals surface area contributed by atoms with Gasteiger partial charge in [0.2, 0.25) is 0 Å². The molecule has 1 aliphatic rings. The Morgan fingerprint density at radius 1 is 0.905 bits per heavy atom. The van der Waals surface area contributed by atoms with Crippen molar-refractivity contribution in [2.75, 3.05) is 33.2 Å². The number of benzene rings is 2. The van der Waals surface area contributed by atoms with Crippen molar-refractivity contribution in [1.82, 2.24) is 0 Å². The zero-order valence-corrected chi connectivity index (χ0v) is 12.5. The Kier molecular flexibility index (Phi) is 3.60. The lowest BCUT2D eigenvalue weighted by molar-refractivity contribution is 0.377. The fraction of sp³-hybridized carbons (Fsp3) is 0.294. The summed E-state index contributed by atoms with van der Waals surface area (Å²) in [5.41, 5.74) is 4.59. The number of hydrogen-bond acceptors (Lipinski definition) is 4. The topological polar surface area (TPSA) is 39.7 Å². The van der Waals surface area contributed by atoms with Crippen LogP contribution in [0.15, 0.2) is 30.3 Å². The lowest BCUT2D eigenvalue weighted by atomic mass is 9.99. The van der Waals surface area contributed by atoms with Gasteiger partial charge >= 0.3 is 0 Å². The normalized spacial score (nSPS) is 12.5. The molecule has 3 rings (SSSR count). The molecule has 0 unspecified atom stereocenters. The standard InChI is InChI=1S/C17H19NO3/c1-19-13-9-15(20-2)17(16(10-13)21-3)12-4-5-14-11(8-12)6-7-18-14/h4-5,8-10,18H,6-7H2,1-3H3. The number of ether oxygens (including phenoxy) is 3. The van der Waals surface area contributed by atoms with E-state index in [1.165, 1.54) is 11.3 Å². The van der Waals surface area contributed by atoms with Gasteiger partial charge in [-0.2, -0.15) is 0 Å². The highest BCUT2D eigenvalue weighted by molar-refractivity contribution is 5.80. The summed E-state index contributed by atoms with van der Waals surface area (Å²) < 4.78 is 16.4. The van der Waals surface area contributed by atoms with Crippen molar-refractivity contribution in [1.29, 1.82) is 0 Å². The van der Waals surface area contributed by atoms with Crippen LogP contribution in [-0.4, -0.2) is 27.9 Å². The van der Waals surface area contributed by atoms with Crippen molar-refractivity contribution < 1.29 is 14.2 Å². The number of fused-ring (bicyclic) bond motifs is 1. The molecular formula is C17H19NO3. The second-order valence-corrected chi connectivity index (χ2v) is 4.96. The Hall–Kier alpha value is -2.36. The molecule has 21 heavy (non-hydrogen) atoms. The summed E-state index contributed by atoms with van der Waals surface area (Å²) in [5, 5.41) is 3.37. The van der Waals surface area contributed by atoms with Gasteiger partial charge in [-0.05, 0) is 29.7 Å². The molecule has 0 atom stereocenters. The number of rotatable bonds is 4. The van der Waals surface area contributed by atoms with E-state index in [9.17, 15) is 0 Å². The van der Waals surface area contributed by atoms with Gasteiger partial charge in [-0.3, -0.25) is 0 Å². The Bertz CT molecular complexity index is 642. The van der Waals surface area contributed by atoms with Crippen LogP contribution in [0.4, 0.5) is 5.69 Å². The van der Waals surface area contributed by atoms with Gasteiger partial charge in [-0.1, -0.05) is 6.07 Å². The average molecular weight is 285 g/mol. The smallest absolute Gasteiger partial charge is 0.134 e. The lowest BCUT2D eigenvalue weighted by Gasteiger charge is -2.16. The first kappa shape index (κ1) is 13.6. The summed E-state index contributed by atoms with van der Waals surface area (Å²) in [7, 11) is 4.95. The van der Waals surface area contributed by atoms with Gasteiger partial charge in [0.05, 0.1) is 26.9 Å². The van der Waals surface area contributed by atoms with E-state index in [1.807, 2.05) is 12.1 Å². The molecule has 1 N–H and O–H groups in total. The average Bonchev–Trinajstić information content (AvgIpc) is 3.00. The molecule has 4 heteroatoms. The third kappa shape index (κ3) is 2.37. The first-order valence-electron chi connectivity index (χ1n) is 6.94. The molecule has 0 aromatic heterocycles. The van der Waals surface area contributed by atoms with E-state index < -0.39 is 0 Å². The van der Waals surface area contributed by atoms with Crippen LogP contribution in [0.2, 0.25) is 0 Å². The molecule has 0 fully saturated rings. The van der Waals surface area contributed by atoms with E-state index in [1.54, 1.807) is 21.3 Å². The largest absolute Gasteiger partial charge is 0.496 e. The first-order valence-corrected chi connectivity index (χ1v) is 6.94. The SMILES string of the molecule is COc1cc(OC)c(-c2ccc3c(c2)CCN3)c(OC)c1. The molecule has 110 valence electrons. The van der Waals surface area contributed by atoms with Crippen molar-refractivity contribution in [2.45, 2.75) is 6.42 Å². The maximum absolute atomic E-state index is 5.53. The minimum atomic E-state index is 0.718. The van der Waals surface area contributed by atoms with E-state index in [-0.39, 0.29) is 0 Å². The van der Waals surface area contributed by atoms with Crippen molar-refractivity contribution in [3.05, 3.63) is 35.9 Å². The molecule has 4 nitrogen and oxygen atoms in total. The highest BCUT2D eigenvalue weighted by Crippen LogP contribution is 2.43. The van der Waals surface area contributed by atoms with E-state index in [0.717, 1.165) is 41.3 Å². The monoisotopic (exact) mass is 285 g/mol. The van der Waals surface area contributed by atoms with Crippen molar-refractivity contribution in [3.63, 3.8) is 0 Å². The Morgan fingerprint density at radius 2 is 1.62 bits per heavy atom. The minimum absolute atomic E-state index is 0.718. The number of hydrogen-bond donors (Lipinski definition) is 1. The summed E-state index contributed by atoms with van der Waals surface area (Å²) in [4.78, 5) is 0. The van der Waals surface area contributed by atoms with Gasteiger partial charge in [0.25, 0.3) is 0 Å². The highest BCUT2D eigenvalue weighted by Gasteiger charge is 2.18. The predicted octanol–water partition coefficient (Wildman–Crippen LogP) is 3.35. The molecule has 2 aromatic rings. The summed E-state index contributed by atoms with van der Waals surface area (Å²) in [6.45, 7) is 0.996. The molecule has 0 amide bonds. The molecule has 2 aromatic carbocycles. The molecule has 1 aliphatic heterocycles. The van der Waals surface area contributed by atoms with E-state index in [4.69, 9.17) is 14.2 Å². The molecule has 0 radical (unpaired) electrons. The van der Waals surface area contributed by atoms with Crippen LogP contribution < -0.4 is 19.5 Å². The molecule has 0 saturated carbocycles. The van der Waals surface area contributed by atoms with Gasteiger partial charge in [0.15, 0.2) is 0 Å². The Labute approximate surface area is 124 Å². The van der Waals surface area contributed by atoms with Crippen LogP contribution in [-0.2, 0) is 6.42 Å². The maximum Gasteiger partial charge on any atom is 0.134 e. The van der Waals surface area contributed by atoms with Crippen LogP contribution in [0, 0.1) is 0 Å². The van der Waals surface area contributed by atoms with Crippen LogP contribution in [0.25, 0.3) is 11.1 Å². The summed E-state index contributed by atoms with van der Waals surface area (Å²) >= 11 is 0. The highest BCUT2D eigenvalue weighted by atomic mass is 16.5. The summed E-state index contributed by atoms with van der Waals surface area (Å²) in [6.07, 6.45) is 1.05. The second kappa shape index (κ2) is 5.56. The molecule has 1 heterocycles. The quantitative estimate of drug-likeness (QED) is 0.935. The maximum atomic E-state index is 5.53. The lowest BCUT2D eigenvalue weighted by Crippen LogP contribution is -1.95. The molecule has 0 bridgehead atoms. The fourth-order valence-corrected chi connectivity index (χ4v) is 2.75. The second-order valence-electron chi connectivity index (χ2n) is 4.96. The van der Waals surface area contributed by atoms with Gasteiger partial charge in [0.1, 0.15) is 17.2 Å². The van der Waals surface area contributed by atoms with Crippen LogP contribution in [0.1, 0.15) is 5.56 Å². The van der Waals surface area contributed by atoms with Gasteiger partial charge < -0.3 is 19.5 Å². The number of nitrogens with one attached hydrogen (secondary N) is 1. The predicted molar refractivity (Wildman–Crippen MR) is 83.7 cm³/mol. The summed E-state index contributed by atoms with van der Waals surface area (Å²) in [5.74, 6) is 2.21. The van der Waals surface area contributed by atoms with Crippen molar-refractivity contribution in [3.8, 4) is 28.4 Å². The van der Waals surface area contributed by atoms with Crippen molar-refractivity contribution >= 4 is 5.69 Å². The fourth-order valence-electron chi connectivity index (χ4n) is 2.75. The van der Waals surface area contributed by atoms with Gasteiger partial charge in [0, 0.05) is 24.4 Å². The zero-order valence-electron chi connectivity index (χ0n) is 12.5. The molecule has 0 saturated heterocycles. The minimum Gasteiger partial charge on any atom is -0.496 e. The number of anilines is 1. The van der Waals surface area contributed by atoms with Crippen LogP contribution in [0.3, 0.4) is 0 Å². The molecular weight excluding hydrogens is 266 g/mol. The third-order valence-corrected chi connectivity index (χ3v) is 3.82. The molecule has 0 aliphatic carbocycles. The van der Waals surface area contributed by atoms with Gasteiger partial charge in [-0.15, -0.1) is 0 Å². The van der Waals surface area contributed by atoms with E-state index >= 15 is 0 Å². The number of methoxy groups -OCH3 is 3. The van der Waals surface area contributed by atoms with E-state index in [0.29, 0.717) is 0 Å². The Morgan fingerprint density at radius 3 is 2.24 bits per heavy atom. The molecule has 0 spiro atoms. The Balaban J connectivity index is 2.16. The summed E-state index contributed by atoms with van der Waals surface area (Å²) in [6, 6.07) is 10.2. The van der Waals surface area contributed by atoms with E-state index in [2.05, 4.69) is 23.5 Å². The van der Waals surface area contributed by atoms with Crippen LogP contribution >= 0.6 is 0 Å². The zero-order chi connectivity index (χ0) is 14.8. The van der Waals surface area contributed by atoms with Crippen LogP contribution in [0.5, 0.6) is 17.2 Å². The van der Waals surface area contributed by atoms with Gasteiger partial charge in [-0.25, -0.2) is 0 Å². The van der Waals surface area contributed by atoms with Crippen molar-refractivity contribution in [2.24, 2.45) is 0 Å². The first-order chi connectivity index (χ1) is 10.3.